The van der Waals surface area contributed by atoms with Gasteiger partial charge < -0.3 is 10.1 Å². The maximum atomic E-state index is 11.4. The number of carbonyl (C=O) groups is 1. The van der Waals surface area contributed by atoms with Crippen molar-refractivity contribution < 1.29 is 9.53 Å². The number of rotatable bonds is 3. The molecule has 0 radical (unpaired) electrons. The Hall–Kier alpha value is -1.86. The minimum absolute atomic E-state index is 0.0376. The Morgan fingerprint density at radius 1 is 1.53 bits per heavy atom. The summed E-state index contributed by atoms with van der Waals surface area (Å²) < 4.78 is 5.38. The lowest BCUT2D eigenvalue weighted by Crippen LogP contribution is -2.52. The maximum absolute atomic E-state index is 11.4. The number of benzene rings is 1. The van der Waals surface area contributed by atoms with Gasteiger partial charge in [-0.05, 0) is 23.6 Å². The van der Waals surface area contributed by atoms with Gasteiger partial charge in [0.05, 0.1) is 37.0 Å². The quantitative estimate of drug-likeness (QED) is 0.899. The lowest BCUT2D eigenvalue weighted by Gasteiger charge is -2.45. The molecule has 0 spiro atoms. The molecular weight excluding hydrogens is 240 g/mol. The van der Waals surface area contributed by atoms with Crippen LogP contribution in [0.5, 0.6) is 0 Å². The van der Waals surface area contributed by atoms with Gasteiger partial charge >= 0.3 is 0 Å². The Morgan fingerprint density at radius 3 is 2.89 bits per heavy atom. The van der Waals surface area contributed by atoms with Gasteiger partial charge in [-0.15, -0.1) is 0 Å². The topological polar surface area (TPSA) is 62.1 Å². The van der Waals surface area contributed by atoms with E-state index in [1.54, 1.807) is 0 Å². The van der Waals surface area contributed by atoms with Crippen molar-refractivity contribution in [3.8, 4) is 6.07 Å². The van der Waals surface area contributed by atoms with Crippen molar-refractivity contribution >= 4 is 11.6 Å². The van der Waals surface area contributed by atoms with Crippen LogP contribution in [0.2, 0.25) is 0 Å². The first-order valence-corrected chi connectivity index (χ1v) is 6.60. The predicted octanol–water partition coefficient (Wildman–Crippen LogP) is 2.00. The third-order valence-corrected chi connectivity index (χ3v) is 4.26. The van der Waals surface area contributed by atoms with Gasteiger partial charge in [-0.2, -0.15) is 5.26 Å². The van der Waals surface area contributed by atoms with E-state index in [-0.39, 0.29) is 17.2 Å². The van der Waals surface area contributed by atoms with E-state index in [9.17, 15) is 10.1 Å². The normalized spacial score (nSPS) is 20.9. The molecule has 1 unspecified atom stereocenters. The Morgan fingerprint density at radius 2 is 2.32 bits per heavy atom. The number of nitrogens with one attached hydrogen (secondary N) is 1. The molecule has 1 atom stereocenters. The summed E-state index contributed by atoms with van der Waals surface area (Å²) in [5, 5.41) is 12.2. The van der Waals surface area contributed by atoms with Gasteiger partial charge in [-0.3, -0.25) is 4.79 Å². The molecule has 0 aliphatic carbocycles. The average molecular weight is 256 g/mol. The van der Waals surface area contributed by atoms with Gasteiger partial charge in [0.15, 0.2) is 0 Å². The van der Waals surface area contributed by atoms with E-state index >= 15 is 0 Å². The Balaban J connectivity index is 2.00. The number of ether oxygens (including phenoxy) is 1. The molecule has 98 valence electrons. The second-order valence-electron chi connectivity index (χ2n) is 5.34. The summed E-state index contributed by atoms with van der Waals surface area (Å²) in [7, 11) is 0. The first kappa shape index (κ1) is 12.2. The fourth-order valence-electron chi connectivity index (χ4n) is 3.04. The van der Waals surface area contributed by atoms with Gasteiger partial charge in [0.2, 0.25) is 5.91 Å². The van der Waals surface area contributed by atoms with Crippen LogP contribution in [0.3, 0.4) is 0 Å². The number of hydrogen-bond acceptors (Lipinski definition) is 3. The summed E-state index contributed by atoms with van der Waals surface area (Å²) in [4.78, 5) is 11.4. The number of carbonyl (C=O) groups excluding carboxylic acids is 1. The Labute approximate surface area is 112 Å². The zero-order valence-electron chi connectivity index (χ0n) is 10.9. The third kappa shape index (κ3) is 1.73. The van der Waals surface area contributed by atoms with E-state index in [0.717, 1.165) is 23.2 Å². The zero-order chi connectivity index (χ0) is 13.5. The third-order valence-electron chi connectivity index (χ3n) is 4.26. The molecule has 0 aromatic heterocycles. The molecule has 19 heavy (non-hydrogen) atoms. The molecule has 3 rings (SSSR count). The van der Waals surface area contributed by atoms with Gasteiger partial charge in [0.25, 0.3) is 0 Å². The minimum Gasteiger partial charge on any atom is -0.379 e. The summed E-state index contributed by atoms with van der Waals surface area (Å²) >= 11 is 0. The molecule has 2 aliphatic heterocycles. The molecule has 0 saturated carbocycles. The fourth-order valence-corrected chi connectivity index (χ4v) is 3.04. The Kier molecular flexibility index (Phi) is 2.79. The van der Waals surface area contributed by atoms with Crippen LogP contribution in [-0.4, -0.2) is 19.1 Å². The molecule has 1 amide bonds. The van der Waals surface area contributed by atoms with Crippen molar-refractivity contribution in [2.75, 3.05) is 18.5 Å². The number of amides is 1. The van der Waals surface area contributed by atoms with E-state index in [1.165, 1.54) is 0 Å². The molecule has 0 bridgehead atoms. The van der Waals surface area contributed by atoms with E-state index in [1.807, 2.05) is 19.1 Å². The van der Waals surface area contributed by atoms with Crippen LogP contribution in [0.25, 0.3) is 0 Å². The number of anilines is 1. The highest BCUT2D eigenvalue weighted by atomic mass is 16.5. The molecule has 4 heteroatoms. The molecule has 1 aromatic rings. The SMILES string of the molecule is CCC(C#N)C1(c2ccc3c(c2)CC(=O)N3)COC1. The van der Waals surface area contributed by atoms with Gasteiger partial charge in [-0.25, -0.2) is 0 Å². The molecule has 1 N–H and O–H groups in total. The van der Waals surface area contributed by atoms with Crippen molar-refractivity contribution in [3.63, 3.8) is 0 Å². The first-order chi connectivity index (χ1) is 9.19. The van der Waals surface area contributed by atoms with E-state index < -0.39 is 0 Å². The molecule has 1 saturated heterocycles. The van der Waals surface area contributed by atoms with Gasteiger partial charge in [0.1, 0.15) is 0 Å². The maximum Gasteiger partial charge on any atom is 0.228 e. The van der Waals surface area contributed by atoms with Crippen molar-refractivity contribution in [2.45, 2.75) is 25.2 Å². The second-order valence-corrected chi connectivity index (χ2v) is 5.34. The number of fused-ring (bicyclic) bond motifs is 1. The fraction of sp³-hybridized carbons (Fsp3) is 0.467. The summed E-state index contributed by atoms with van der Waals surface area (Å²) in [5.41, 5.74) is 2.86. The highest BCUT2D eigenvalue weighted by Crippen LogP contribution is 2.42. The van der Waals surface area contributed by atoms with Crippen LogP contribution in [0.1, 0.15) is 24.5 Å². The van der Waals surface area contributed by atoms with Crippen molar-refractivity contribution in [1.82, 2.24) is 0 Å². The number of hydrogen-bond donors (Lipinski definition) is 1. The highest BCUT2D eigenvalue weighted by molar-refractivity contribution is 5.99. The van der Waals surface area contributed by atoms with Crippen LogP contribution in [0.4, 0.5) is 5.69 Å². The lowest BCUT2D eigenvalue weighted by molar-refractivity contribution is -0.115. The van der Waals surface area contributed by atoms with Gasteiger partial charge in [-0.1, -0.05) is 19.1 Å². The standard InChI is InChI=1S/C15H16N2O2/c1-2-11(7-16)15(8-19-9-15)12-3-4-13-10(5-12)6-14(18)17-13/h3-5,11H,2,6,8-9H2,1H3,(H,17,18). The largest absolute Gasteiger partial charge is 0.379 e. The second kappa shape index (κ2) is 4.36. The van der Waals surface area contributed by atoms with Crippen molar-refractivity contribution in [1.29, 1.82) is 5.26 Å². The van der Waals surface area contributed by atoms with Gasteiger partial charge in [0, 0.05) is 5.69 Å². The molecule has 2 aliphatic rings. The van der Waals surface area contributed by atoms with Crippen LogP contribution >= 0.6 is 0 Å². The van der Waals surface area contributed by atoms with Crippen molar-refractivity contribution in [3.05, 3.63) is 29.3 Å². The Bertz CT molecular complexity index is 570. The molecule has 1 aromatic carbocycles. The molecular formula is C15H16N2O2. The van der Waals surface area contributed by atoms with Crippen LogP contribution < -0.4 is 5.32 Å². The van der Waals surface area contributed by atoms with E-state index in [2.05, 4.69) is 17.5 Å². The van der Waals surface area contributed by atoms with Crippen LogP contribution in [-0.2, 0) is 21.4 Å². The lowest BCUT2D eigenvalue weighted by atomic mass is 9.68. The summed E-state index contributed by atoms with van der Waals surface area (Å²) in [6.07, 6.45) is 1.25. The molecule has 1 fully saturated rings. The number of nitriles is 1. The first-order valence-electron chi connectivity index (χ1n) is 6.60. The predicted molar refractivity (Wildman–Crippen MR) is 70.7 cm³/mol. The monoisotopic (exact) mass is 256 g/mol. The zero-order valence-corrected chi connectivity index (χ0v) is 10.9. The minimum atomic E-state index is -0.190. The van der Waals surface area contributed by atoms with Crippen LogP contribution in [0.15, 0.2) is 18.2 Å². The summed E-state index contributed by atoms with van der Waals surface area (Å²) in [6, 6.07) is 8.44. The van der Waals surface area contributed by atoms with Crippen molar-refractivity contribution in [2.24, 2.45) is 5.92 Å². The molecule has 2 heterocycles. The smallest absolute Gasteiger partial charge is 0.228 e. The van der Waals surface area contributed by atoms with E-state index in [0.29, 0.717) is 19.6 Å². The number of nitrogens with zero attached hydrogens (tertiary/aromatic N) is 1. The molecule has 4 nitrogen and oxygen atoms in total. The summed E-state index contributed by atoms with van der Waals surface area (Å²) in [6.45, 7) is 3.23. The summed E-state index contributed by atoms with van der Waals surface area (Å²) in [5.74, 6) is 0.00254. The van der Waals surface area contributed by atoms with Crippen LogP contribution in [0, 0.1) is 17.2 Å². The van der Waals surface area contributed by atoms with E-state index in [4.69, 9.17) is 4.74 Å². The average Bonchev–Trinajstić information content (AvgIpc) is 2.72. The highest BCUT2D eigenvalue weighted by Gasteiger charge is 2.47.